The van der Waals surface area contributed by atoms with Crippen LogP contribution in [0.4, 0.5) is 13.2 Å². The number of nitrogens with one attached hydrogen (secondary N) is 1. The summed E-state index contributed by atoms with van der Waals surface area (Å²) in [6.45, 7) is 0.590. The molecule has 0 aromatic rings. The molecule has 0 aromatic carbocycles. The maximum atomic E-state index is 12.7. The summed E-state index contributed by atoms with van der Waals surface area (Å²) < 4.78 is 43.0. The number of thioether (sulfide) groups is 1. The van der Waals surface area contributed by atoms with Gasteiger partial charge in [-0.3, -0.25) is 4.99 Å². The minimum absolute atomic E-state index is 0.0754. The fourth-order valence-corrected chi connectivity index (χ4v) is 2.78. The van der Waals surface area contributed by atoms with Crippen molar-refractivity contribution in [1.29, 1.82) is 0 Å². The van der Waals surface area contributed by atoms with Gasteiger partial charge in [-0.05, 0) is 19.3 Å². The lowest BCUT2D eigenvalue weighted by atomic mass is 10.2. The van der Waals surface area contributed by atoms with Crippen molar-refractivity contribution >= 4 is 16.9 Å². The molecule has 1 aliphatic heterocycles. The van der Waals surface area contributed by atoms with Gasteiger partial charge in [-0.1, -0.05) is 11.8 Å². The average molecular weight is 268 g/mol. The largest absolute Gasteiger partial charge is 0.411 e. The Kier molecular flexibility index (Phi) is 3.58. The summed E-state index contributed by atoms with van der Waals surface area (Å²) in [6.07, 6.45) is -3.12. The molecule has 0 aromatic heterocycles. The molecule has 0 spiro atoms. The molecule has 1 heterocycles. The maximum absolute atomic E-state index is 12.7. The Hall–Kier alpha value is -0.430. The van der Waals surface area contributed by atoms with E-state index in [0.717, 1.165) is 12.2 Å². The van der Waals surface area contributed by atoms with Gasteiger partial charge in [-0.25, -0.2) is 0 Å². The normalized spacial score (nSPS) is 26.8. The minimum atomic E-state index is -4.18. The second-order valence-corrected chi connectivity index (χ2v) is 5.39. The first-order valence-corrected chi connectivity index (χ1v) is 6.50. The Morgan fingerprint density at radius 3 is 2.76 bits per heavy atom. The van der Waals surface area contributed by atoms with Crippen LogP contribution in [-0.4, -0.2) is 42.4 Å². The highest BCUT2D eigenvalue weighted by atomic mass is 32.2. The van der Waals surface area contributed by atoms with Crippen LogP contribution in [0.25, 0.3) is 0 Å². The van der Waals surface area contributed by atoms with Crippen LogP contribution >= 0.6 is 11.8 Å². The third-order valence-electron chi connectivity index (χ3n) is 3.01. The number of hydrogen-bond acceptors (Lipinski definition) is 4. The van der Waals surface area contributed by atoms with Crippen molar-refractivity contribution in [3.8, 4) is 0 Å². The van der Waals surface area contributed by atoms with E-state index < -0.39 is 11.7 Å². The van der Waals surface area contributed by atoms with Crippen LogP contribution in [0.15, 0.2) is 4.99 Å². The molecule has 1 saturated carbocycles. The molecule has 0 radical (unpaired) electrons. The lowest BCUT2D eigenvalue weighted by Crippen LogP contribution is -2.46. The highest BCUT2D eigenvalue weighted by molar-refractivity contribution is 8.14. The molecule has 1 N–H and O–H groups in total. The highest BCUT2D eigenvalue weighted by Crippen LogP contribution is 2.49. The van der Waals surface area contributed by atoms with E-state index in [-0.39, 0.29) is 18.9 Å². The Balaban J connectivity index is 1.88. The Labute approximate surface area is 102 Å². The molecule has 1 fully saturated rings. The van der Waals surface area contributed by atoms with E-state index in [4.69, 9.17) is 4.74 Å². The lowest BCUT2D eigenvalue weighted by Gasteiger charge is -2.21. The number of alkyl halides is 3. The molecule has 1 atom stereocenters. The monoisotopic (exact) mass is 268 g/mol. The maximum Gasteiger partial charge on any atom is 0.411 e. The van der Waals surface area contributed by atoms with Gasteiger partial charge in [0.25, 0.3) is 0 Å². The molecule has 7 heteroatoms. The van der Waals surface area contributed by atoms with E-state index in [9.17, 15) is 13.2 Å². The number of ether oxygens (including phenoxy) is 1. The molecular weight excluding hydrogens is 253 g/mol. The van der Waals surface area contributed by atoms with Crippen LogP contribution in [0.3, 0.4) is 0 Å². The molecular formula is C10H15F3N2OS. The summed E-state index contributed by atoms with van der Waals surface area (Å²) in [6, 6.07) is 0.0754. The number of methoxy groups -OCH3 is 1. The zero-order valence-electron chi connectivity index (χ0n) is 9.51. The van der Waals surface area contributed by atoms with E-state index in [1.165, 1.54) is 11.8 Å². The van der Waals surface area contributed by atoms with Crippen LogP contribution in [0.5, 0.6) is 0 Å². The zero-order valence-corrected chi connectivity index (χ0v) is 10.3. The fourth-order valence-electron chi connectivity index (χ4n) is 1.69. The molecule has 1 aliphatic carbocycles. The smallest absolute Gasteiger partial charge is 0.385 e. The van der Waals surface area contributed by atoms with Gasteiger partial charge in [0.1, 0.15) is 5.54 Å². The van der Waals surface area contributed by atoms with Gasteiger partial charge in [-0.15, -0.1) is 0 Å². The van der Waals surface area contributed by atoms with Crippen molar-refractivity contribution in [3.63, 3.8) is 0 Å². The quantitative estimate of drug-likeness (QED) is 0.848. The molecule has 2 rings (SSSR count). The second kappa shape index (κ2) is 4.68. The van der Waals surface area contributed by atoms with Gasteiger partial charge in [0.05, 0.1) is 6.04 Å². The molecule has 0 bridgehead atoms. The molecule has 0 amide bonds. The SMILES string of the molecule is COCCC1CSC(NC2(C(F)(F)F)CC2)=N1. The fraction of sp³-hybridized carbons (Fsp3) is 0.900. The molecule has 98 valence electrons. The summed E-state index contributed by atoms with van der Waals surface area (Å²) >= 11 is 1.37. The van der Waals surface area contributed by atoms with Crippen LogP contribution in [0, 0.1) is 0 Å². The number of nitrogens with zero attached hydrogens (tertiary/aromatic N) is 1. The van der Waals surface area contributed by atoms with Crippen molar-refractivity contribution in [2.75, 3.05) is 19.5 Å². The van der Waals surface area contributed by atoms with Crippen molar-refractivity contribution in [2.24, 2.45) is 4.99 Å². The van der Waals surface area contributed by atoms with Crippen molar-refractivity contribution in [1.82, 2.24) is 5.32 Å². The van der Waals surface area contributed by atoms with Crippen LogP contribution < -0.4 is 5.32 Å². The predicted octanol–water partition coefficient (Wildman–Crippen LogP) is 2.18. The standard InChI is InChI=1S/C10H15F3N2OS/c1-16-5-2-7-6-17-8(14-7)15-9(3-4-9)10(11,12)13/h7H,2-6H2,1H3,(H,14,15). The average Bonchev–Trinajstić information content (AvgIpc) is 2.89. The van der Waals surface area contributed by atoms with E-state index in [2.05, 4.69) is 10.3 Å². The first kappa shape index (κ1) is 13.0. The number of aliphatic imine (C=N–C) groups is 1. The van der Waals surface area contributed by atoms with E-state index in [1.807, 2.05) is 0 Å². The number of rotatable bonds is 4. The summed E-state index contributed by atoms with van der Waals surface area (Å²) in [7, 11) is 1.60. The van der Waals surface area contributed by atoms with E-state index >= 15 is 0 Å². The van der Waals surface area contributed by atoms with Gasteiger partial charge in [-0.2, -0.15) is 13.2 Å². The Bertz CT molecular complexity index is 315. The minimum Gasteiger partial charge on any atom is -0.385 e. The summed E-state index contributed by atoms with van der Waals surface area (Å²) in [5.74, 6) is 0.736. The highest BCUT2D eigenvalue weighted by Gasteiger charge is 2.64. The predicted molar refractivity (Wildman–Crippen MR) is 61.3 cm³/mol. The molecule has 1 unspecified atom stereocenters. The number of halogens is 3. The van der Waals surface area contributed by atoms with Gasteiger partial charge in [0, 0.05) is 19.5 Å². The summed E-state index contributed by atoms with van der Waals surface area (Å²) in [5, 5.41) is 2.99. The summed E-state index contributed by atoms with van der Waals surface area (Å²) in [5.41, 5.74) is -1.70. The topological polar surface area (TPSA) is 33.6 Å². The number of hydrogen-bond donors (Lipinski definition) is 1. The first-order chi connectivity index (χ1) is 7.97. The van der Waals surface area contributed by atoms with Gasteiger partial charge >= 0.3 is 6.18 Å². The third kappa shape index (κ3) is 2.88. The van der Waals surface area contributed by atoms with Crippen LogP contribution in [-0.2, 0) is 4.74 Å². The van der Waals surface area contributed by atoms with Crippen LogP contribution in [0.1, 0.15) is 19.3 Å². The molecule has 3 nitrogen and oxygen atoms in total. The molecule has 2 aliphatic rings. The Morgan fingerprint density at radius 1 is 1.53 bits per heavy atom. The molecule has 0 saturated heterocycles. The second-order valence-electron chi connectivity index (χ2n) is 4.39. The van der Waals surface area contributed by atoms with Crippen LogP contribution in [0.2, 0.25) is 0 Å². The third-order valence-corrected chi connectivity index (χ3v) is 4.04. The van der Waals surface area contributed by atoms with Gasteiger partial charge in [0.2, 0.25) is 0 Å². The van der Waals surface area contributed by atoms with E-state index in [1.54, 1.807) is 7.11 Å². The molecule has 17 heavy (non-hydrogen) atoms. The van der Waals surface area contributed by atoms with Gasteiger partial charge < -0.3 is 10.1 Å². The number of amidine groups is 1. The zero-order chi connectivity index (χ0) is 12.5. The van der Waals surface area contributed by atoms with Crippen molar-refractivity contribution in [3.05, 3.63) is 0 Å². The van der Waals surface area contributed by atoms with Gasteiger partial charge in [0.15, 0.2) is 5.17 Å². The van der Waals surface area contributed by atoms with Crippen molar-refractivity contribution < 1.29 is 17.9 Å². The van der Waals surface area contributed by atoms with Crippen molar-refractivity contribution in [2.45, 2.75) is 37.0 Å². The lowest BCUT2D eigenvalue weighted by molar-refractivity contribution is -0.161. The van der Waals surface area contributed by atoms with E-state index in [0.29, 0.717) is 11.8 Å². The Morgan fingerprint density at radius 2 is 2.24 bits per heavy atom. The summed E-state index contributed by atoms with van der Waals surface area (Å²) in [4.78, 5) is 4.25. The first-order valence-electron chi connectivity index (χ1n) is 5.51.